The SMILES string of the molecule is CNc1ccc2ccc(OC[C@H]3O[C@@H](n4cc(Cl)c5c(N)ncnc54)C[C@@H]3O)cc2n1. The van der Waals surface area contributed by atoms with Gasteiger partial charge in [-0.3, -0.25) is 0 Å². The van der Waals surface area contributed by atoms with Crippen LogP contribution in [0.4, 0.5) is 11.6 Å². The van der Waals surface area contributed by atoms with E-state index in [-0.39, 0.29) is 6.61 Å². The highest BCUT2D eigenvalue weighted by atomic mass is 35.5. The normalized spacial score (nSPS) is 21.1. The van der Waals surface area contributed by atoms with Crippen molar-refractivity contribution >= 4 is 45.2 Å². The molecule has 4 N–H and O–H groups in total. The third-order valence-electron chi connectivity index (χ3n) is 5.44. The number of rotatable bonds is 5. The van der Waals surface area contributed by atoms with E-state index in [1.54, 1.807) is 10.8 Å². The molecular formula is C21H21ClN6O3. The van der Waals surface area contributed by atoms with Gasteiger partial charge in [0.1, 0.15) is 48.3 Å². The second-order valence-electron chi connectivity index (χ2n) is 7.39. The van der Waals surface area contributed by atoms with Crippen LogP contribution in [0, 0.1) is 0 Å². The highest BCUT2D eigenvalue weighted by Crippen LogP contribution is 2.36. The summed E-state index contributed by atoms with van der Waals surface area (Å²) in [4.78, 5) is 12.8. The number of hydrogen-bond donors (Lipinski definition) is 3. The zero-order valence-corrected chi connectivity index (χ0v) is 17.5. The van der Waals surface area contributed by atoms with E-state index in [0.29, 0.717) is 34.0 Å². The summed E-state index contributed by atoms with van der Waals surface area (Å²) in [5.41, 5.74) is 7.31. The van der Waals surface area contributed by atoms with Gasteiger partial charge in [-0.2, -0.15) is 0 Å². The van der Waals surface area contributed by atoms with Gasteiger partial charge in [0.15, 0.2) is 0 Å². The van der Waals surface area contributed by atoms with Gasteiger partial charge in [0, 0.05) is 31.1 Å². The highest BCUT2D eigenvalue weighted by Gasteiger charge is 2.36. The number of aliphatic hydroxyl groups is 1. The Balaban J connectivity index is 1.32. The number of nitrogens with zero attached hydrogens (tertiary/aromatic N) is 4. The van der Waals surface area contributed by atoms with Gasteiger partial charge < -0.3 is 30.2 Å². The average Bonchev–Trinajstić information content (AvgIpc) is 3.31. The van der Waals surface area contributed by atoms with Crippen molar-refractivity contribution in [1.82, 2.24) is 19.5 Å². The first-order chi connectivity index (χ1) is 15.0. The fourth-order valence-corrected chi connectivity index (χ4v) is 4.11. The molecule has 1 aromatic carbocycles. The minimum Gasteiger partial charge on any atom is -0.491 e. The van der Waals surface area contributed by atoms with Crippen LogP contribution < -0.4 is 15.8 Å². The van der Waals surface area contributed by atoms with Crippen molar-refractivity contribution in [1.29, 1.82) is 0 Å². The number of aromatic nitrogens is 4. The topological polar surface area (TPSA) is 120 Å². The zero-order valence-electron chi connectivity index (χ0n) is 16.7. The van der Waals surface area contributed by atoms with Gasteiger partial charge in [-0.1, -0.05) is 11.6 Å². The first-order valence-corrected chi connectivity index (χ1v) is 10.2. The molecule has 3 aromatic heterocycles. The lowest BCUT2D eigenvalue weighted by atomic mass is 10.2. The van der Waals surface area contributed by atoms with Crippen LogP contribution in [0.1, 0.15) is 12.6 Å². The summed E-state index contributed by atoms with van der Waals surface area (Å²) in [6.45, 7) is 0.193. The largest absolute Gasteiger partial charge is 0.491 e. The molecule has 4 aromatic rings. The van der Waals surface area contributed by atoms with Crippen LogP contribution in [-0.2, 0) is 4.74 Å². The number of fused-ring (bicyclic) bond motifs is 2. The van der Waals surface area contributed by atoms with E-state index in [2.05, 4.69) is 20.3 Å². The van der Waals surface area contributed by atoms with Crippen molar-refractivity contribution in [2.75, 3.05) is 24.7 Å². The average molecular weight is 441 g/mol. The van der Waals surface area contributed by atoms with Crippen molar-refractivity contribution < 1.29 is 14.6 Å². The van der Waals surface area contributed by atoms with Crippen LogP contribution in [-0.4, -0.2) is 50.5 Å². The van der Waals surface area contributed by atoms with Gasteiger partial charge in [0.25, 0.3) is 0 Å². The van der Waals surface area contributed by atoms with Crippen molar-refractivity contribution in [3.63, 3.8) is 0 Å². The predicted octanol–water partition coefficient (Wildman–Crippen LogP) is 2.98. The molecule has 160 valence electrons. The summed E-state index contributed by atoms with van der Waals surface area (Å²) in [6, 6.07) is 9.61. The summed E-state index contributed by atoms with van der Waals surface area (Å²) in [5, 5.41) is 15.6. The number of halogens is 1. The Morgan fingerprint density at radius 2 is 2.16 bits per heavy atom. The van der Waals surface area contributed by atoms with Gasteiger partial charge in [-0.15, -0.1) is 0 Å². The van der Waals surface area contributed by atoms with Gasteiger partial charge in [0.05, 0.1) is 22.0 Å². The molecule has 5 rings (SSSR count). The van der Waals surface area contributed by atoms with Crippen LogP contribution >= 0.6 is 11.6 Å². The number of nitrogens with one attached hydrogen (secondary N) is 1. The Bertz CT molecular complexity index is 1260. The Morgan fingerprint density at radius 1 is 1.32 bits per heavy atom. The van der Waals surface area contributed by atoms with Crippen LogP contribution in [0.2, 0.25) is 5.02 Å². The van der Waals surface area contributed by atoms with E-state index in [1.165, 1.54) is 6.33 Å². The summed E-state index contributed by atoms with van der Waals surface area (Å²) in [6.07, 6.45) is 1.81. The maximum absolute atomic E-state index is 10.5. The van der Waals surface area contributed by atoms with Crippen molar-refractivity contribution in [3.8, 4) is 5.75 Å². The monoisotopic (exact) mass is 440 g/mol. The van der Waals surface area contributed by atoms with Crippen LogP contribution in [0.25, 0.3) is 21.9 Å². The number of ether oxygens (including phenoxy) is 2. The molecule has 1 aliphatic heterocycles. The van der Waals surface area contributed by atoms with E-state index < -0.39 is 18.4 Å². The van der Waals surface area contributed by atoms with Crippen molar-refractivity contribution in [2.24, 2.45) is 0 Å². The number of benzene rings is 1. The highest BCUT2D eigenvalue weighted by molar-refractivity contribution is 6.36. The molecule has 31 heavy (non-hydrogen) atoms. The lowest BCUT2D eigenvalue weighted by Gasteiger charge is -2.17. The first kappa shape index (κ1) is 19.8. The summed E-state index contributed by atoms with van der Waals surface area (Å²) >= 11 is 6.31. The minimum absolute atomic E-state index is 0.193. The van der Waals surface area contributed by atoms with E-state index in [9.17, 15) is 5.11 Å². The number of aliphatic hydroxyl groups excluding tert-OH is 1. The molecule has 0 aliphatic carbocycles. The fraction of sp³-hybridized carbons (Fsp3) is 0.286. The molecule has 1 fully saturated rings. The third kappa shape index (κ3) is 3.60. The molecule has 9 nitrogen and oxygen atoms in total. The Kier molecular flexibility index (Phi) is 5.01. The molecule has 0 saturated carbocycles. The second-order valence-corrected chi connectivity index (χ2v) is 7.79. The molecule has 1 aliphatic rings. The fourth-order valence-electron chi connectivity index (χ4n) is 3.82. The number of hydrogen-bond acceptors (Lipinski definition) is 8. The standard InChI is InChI=1S/C21H21ClN6O3/c1-24-17-5-3-11-2-4-12(6-14(11)27-17)30-9-16-15(29)7-18(31-16)28-8-13(22)19-20(23)25-10-26-21(19)28/h2-6,8,10,15-16,18,29H,7,9H2,1H3,(H,24,27)(H2,23,25,26)/t15-,16+,18+/m0/s1. The van der Waals surface area contributed by atoms with Crippen LogP contribution in [0.3, 0.4) is 0 Å². The molecular weight excluding hydrogens is 420 g/mol. The minimum atomic E-state index is -0.699. The third-order valence-corrected chi connectivity index (χ3v) is 5.73. The van der Waals surface area contributed by atoms with E-state index in [0.717, 1.165) is 16.7 Å². The van der Waals surface area contributed by atoms with E-state index in [4.69, 9.17) is 26.8 Å². The molecule has 0 bridgehead atoms. The molecule has 0 amide bonds. The molecule has 10 heteroatoms. The zero-order chi connectivity index (χ0) is 21.5. The lowest BCUT2D eigenvalue weighted by Crippen LogP contribution is -2.28. The quantitative estimate of drug-likeness (QED) is 0.433. The summed E-state index contributed by atoms with van der Waals surface area (Å²) in [5.74, 6) is 1.74. The molecule has 0 radical (unpaired) electrons. The summed E-state index contributed by atoms with van der Waals surface area (Å²) < 4.78 is 13.8. The number of anilines is 2. The number of pyridine rings is 1. The Hall–Kier alpha value is -3.14. The van der Waals surface area contributed by atoms with Crippen molar-refractivity contribution in [3.05, 3.63) is 47.9 Å². The molecule has 0 spiro atoms. The smallest absolute Gasteiger partial charge is 0.149 e. The summed E-state index contributed by atoms with van der Waals surface area (Å²) in [7, 11) is 1.82. The molecule has 0 unspecified atom stereocenters. The maximum atomic E-state index is 10.5. The van der Waals surface area contributed by atoms with Crippen molar-refractivity contribution in [2.45, 2.75) is 24.9 Å². The molecule has 3 atom stereocenters. The number of nitrogen functional groups attached to an aromatic ring is 1. The Morgan fingerprint density at radius 3 is 3.00 bits per heavy atom. The predicted molar refractivity (Wildman–Crippen MR) is 118 cm³/mol. The molecule has 4 heterocycles. The second kappa shape index (κ2) is 7.84. The molecule has 1 saturated heterocycles. The van der Waals surface area contributed by atoms with E-state index in [1.807, 2.05) is 37.4 Å². The van der Waals surface area contributed by atoms with Crippen LogP contribution in [0.5, 0.6) is 5.75 Å². The lowest BCUT2D eigenvalue weighted by molar-refractivity contribution is -0.0379. The van der Waals surface area contributed by atoms with E-state index >= 15 is 0 Å². The van der Waals surface area contributed by atoms with Gasteiger partial charge in [-0.05, 0) is 24.3 Å². The van der Waals surface area contributed by atoms with Gasteiger partial charge >= 0.3 is 0 Å². The maximum Gasteiger partial charge on any atom is 0.149 e. The van der Waals surface area contributed by atoms with Crippen LogP contribution in [0.15, 0.2) is 42.9 Å². The number of nitrogens with two attached hydrogens (primary N) is 1. The first-order valence-electron chi connectivity index (χ1n) is 9.85. The van der Waals surface area contributed by atoms with Gasteiger partial charge in [0.2, 0.25) is 0 Å². The Labute approximate surface area is 182 Å². The van der Waals surface area contributed by atoms with Gasteiger partial charge in [-0.25, -0.2) is 15.0 Å².